The van der Waals surface area contributed by atoms with E-state index in [2.05, 4.69) is 24.5 Å². The predicted molar refractivity (Wildman–Crippen MR) is 216 cm³/mol. The number of ether oxygens (including phenoxy) is 3. The van der Waals surface area contributed by atoms with Crippen LogP contribution in [0.4, 0.5) is 13.6 Å². The van der Waals surface area contributed by atoms with Crippen LogP contribution >= 0.6 is 0 Å². The molecular weight excluding hydrogens is 803 g/mol. The summed E-state index contributed by atoms with van der Waals surface area (Å²) in [5, 5.41) is 4.67. The molecule has 5 aliphatic rings. The predicted octanol–water partition coefficient (Wildman–Crippen LogP) is 5.04. The number of rotatable bonds is 8. The van der Waals surface area contributed by atoms with Gasteiger partial charge in [-0.3, -0.25) is 19.1 Å². The summed E-state index contributed by atoms with van der Waals surface area (Å²) in [5.74, 6) is -2.08. The number of nitrogens with one attached hydrogen (secondary N) is 3. The first-order valence-corrected chi connectivity index (χ1v) is 22.8. The number of alkyl halides is 2. The first-order chi connectivity index (χ1) is 28.3. The number of carbonyl (C=O) groups is 4. The van der Waals surface area contributed by atoms with Gasteiger partial charge in [0, 0.05) is 18.9 Å². The van der Waals surface area contributed by atoms with Crippen molar-refractivity contribution in [3.63, 3.8) is 0 Å². The van der Waals surface area contributed by atoms with Crippen molar-refractivity contribution >= 4 is 44.9 Å². The van der Waals surface area contributed by atoms with E-state index >= 15 is 0 Å². The number of nitrogens with zero attached hydrogens (tertiary/aromatic N) is 3. The number of benzene rings is 1. The molecule has 3 saturated carbocycles. The Balaban J connectivity index is 1.24. The van der Waals surface area contributed by atoms with Crippen LogP contribution in [0.2, 0.25) is 0 Å². The summed E-state index contributed by atoms with van der Waals surface area (Å²) in [5.41, 5.74) is -1.09. The van der Waals surface area contributed by atoms with Crippen LogP contribution in [-0.4, -0.2) is 102 Å². The summed E-state index contributed by atoms with van der Waals surface area (Å²) in [6.45, 7) is 9.50. The number of halogens is 2. The highest BCUT2D eigenvalue weighted by Crippen LogP contribution is 2.48. The van der Waals surface area contributed by atoms with Crippen molar-refractivity contribution in [2.45, 2.75) is 147 Å². The van der Waals surface area contributed by atoms with Gasteiger partial charge in [0.2, 0.25) is 34.1 Å². The smallest absolute Gasteiger partial charge is 0.408 e. The third-order valence-corrected chi connectivity index (χ3v) is 15.1. The maximum Gasteiger partial charge on any atom is 0.408 e. The fourth-order valence-electron chi connectivity index (χ4n) is 9.33. The molecule has 4 fully saturated rings. The van der Waals surface area contributed by atoms with Crippen molar-refractivity contribution in [3.05, 3.63) is 23.9 Å². The maximum atomic E-state index is 14.8. The monoisotopic (exact) mass is 860 g/mol. The highest BCUT2D eigenvalue weighted by Gasteiger charge is 2.63. The number of hydrogen-bond acceptors (Lipinski definition) is 11. The minimum atomic E-state index is -4.08. The van der Waals surface area contributed by atoms with Crippen LogP contribution in [0.25, 0.3) is 11.0 Å². The number of alkyl carbamates (subject to hydrolysis) is 1. The number of sulfonamides is 1. The summed E-state index contributed by atoms with van der Waals surface area (Å²) in [4.78, 5) is 67.8. The molecule has 0 spiro atoms. The lowest BCUT2D eigenvalue weighted by Crippen LogP contribution is -2.60. The van der Waals surface area contributed by atoms with E-state index in [4.69, 9.17) is 24.2 Å². The van der Waals surface area contributed by atoms with E-state index in [1.165, 1.54) is 4.90 Å². The molecule has 330 valence electrons. The maximum absolute atomic E-state index is 14.8. The van der Waals surface area contributed by atoms with Gasteiger partial charge in [-0.15, -0.1) is 0 Å². The second kappa shape index (κ2) is 16.8. The van der Waals surface area contributed by atoms with Crippen LogP contribution < -0.4 is 24.8 Å². The van der Waals surface area contributed by atoms with Crippen molar-refractivity contribution in [2.24, 2.45) is 29.1 Å². The first-order valence-electron chi connectivity index (χ1n) is 21.2. The lowest BCUT2D eigenvalue weighted by atomic mass is 9.85. The molecular formula is C42H58F2N6O9S. The van der Waals surface area contributed by atoms with Crippen molar-refractivity contribution in [2.75, 3.05) is 13.7 Å². The van der Waals surface area contributed by atoms with Crippen LogP contribution in [0.15, 0.2) is 18.2 Å². The molecule has 2 bridgehead atoms. The Kier molecular flexibility index (Phi) is 12.3. The Morgan fingerprint density at radius 3 is 2.48 bits per heavy atom. The van der Waals surface area contributed by atoms with Gasteiger partial charge in [-0.25, -0.2) is 32.0 Å². The second-order valence-electron chi connectivity index (χ2n) is 18.7. The van der Waals surface area contributed by atoms with E-state index in [-0.39, 0.29) is 37.3 Å². The molecule has 15 nitrogen and oxygen atoms in total. The van der Waals surface area contributed by atoms with Gasteiger partial charge in [0.25, 0.3) is 5.91 Å². The number of fused-ring (bicyclic) bond motifs is 5. The molecule has 2 aliphatic heterocycles. The van der Waals surface area contributed by atoms with Crippen LogP contribution in [0.1, 0.15) is 105 Å². The summed E-state index contributed by atoms with van der Waals surface area (Å²) in [6, 6.07) is 2.83. The average molecular weight is 861 g/mol. The number of aromatic nitrogens is 2. The van der Waals surface area contributed by atoms with Crippen molar-refractivity contribution < 1.29 is 50.6 Å². The Morgan fingerprint density at radius 1 is 1.05 bits per heavy atom. The molecule has 1 saturated heterocycles. The number of hydrogen-bond donors (Lipinski definition) is 3. The average Bonchev–Trinajstić information content (AvgIpc) is 4.08. The van der Waals surface area contributed by atoms with Crippen molar-refractivity contribution in [3.8, 4) is 11.6 Å². The van der Waals surface area contributed by atoms with Crippen molar-refractivity contribution in [1.29, 1.82) is 0 Å². The molecule has 3 heterocycles. The lowest BCUT2D eigenvalue weighted by Gasteiger charge is -2.35. The van der Waals surface area contributed by atoms with E-state index in [9.17, 15) is 36.4 Å². The number of carbonyl (C=O) groups excluding carboxylic acids is 4. The topological polar surface area (TPSA) is 195 Å². The van der Waals surface area contributed by atoms with Crippen LogP contribution in [0.5, 0.6) is 11.6 Å². The molecule has 0 unspecified atom stereocenters. The highest BCUT2D eigenvalue weighted by molar-refractivity contribution is 7.91. The zero-order valence-electron chi connectivity index (χ0n) is 35.2. The normalized spacial score (nSPS) is 31.5. The van der Waals surface area contributed by atoms with E-state index in [0.29, 0.717) is 60.0 Å². The van der Waals surface area contributed by atoms with Gasteiger partial charge < -0.3 is 29.7 Å². The summed E-state index contributed by atoms with van der Waals surface area (Å²) in [6.07, 6.45) is -0.505. The molecule has 1 aromatic carbocycles. The minimum Gasteiger partial charge on any atom is -0.497 e. The molecule has 1 aromatic heterocycles. The van der Waals surface area contributed by atoms with Crippen LogP contribution in [0.3, 0.4) is 0 Å². The summed E-state index contributed by atoms with van der Waals surface area (Å²) in [7, 11) is -2.54. The number of amides is 4. The highest BCUT2D eigenvalue weighted by atomic mass is 32.2. The van der Waals surface area contributed by atoms with Gasteiger partial charge in [0.1, 0.15) is 41.3 Å². The largest absolute Gasteiger partial charge is 0.497 e. The van der Waals surface area contributed by atoms with Crippen LogP contribution in [-0.2, 0) is 35.6 Å². The molecule has 60 heavy (non-hydrogen) atoms. The number of methoxy groups -OCH3 is 1. The minimum absolute atomic E-state index is 0.104. The van der Waals surface area contributed by atoms with Gasteiger partial charge in [-0.05, 0) is 86.2 Å². The summed E-state index contributed by atoms with van der Waals surface area (Å²) < 4.78 is 73.2. The zero-order chi connectivity index (χ0) is 43.3. The molecule has 18 heteroatoms. The Morgan fingerprint density at radius 2 is 1.80 bits per heavy atom. The van der Waals surface area contributed by atoms with Gasteiger partial charge in [-0.2, -0.15) is 0 Å². The van der Waals surface area contributed by atoms with Crippen molar-refractivity contribution in [1.82, 2.24) is 30.2 Å². The van der Waals surface area contributed by atoms with E-state index in [1.807, 2.05) is 10.8 Å². The third kappa shape index (κ3) is 9.27. The lowest BCUT2D eigenvalue weighted by molar-refractivity contribution is -0.143. The molecule has 9 atom stereocenters. The van der Waals surface area contributed by atoms with Gasteiger partial charge >= 0.3 is 6.09 Å². The standard InChI is InChI=1S/C42H58F2N6O9S/c1-22-16-33-28(23(22)2)10-8-7-9-11-30-37(46-31-18-25(57-6)12-15-29(31)45-30)58-26-19-32(50(21-26)38(52)35(41(3,4)5)47-40(54)59-33)36(51)48-42(20-24(42)17-34(43)44)39(53)49-60(55,56)27-13-14-27/h12,15,18,22-24,26-28,32-35H,7-11,13-14,16-17,19-21H2,1-6H3,(H,47,54)(H,48,51)(H,49,53)/t22-,23-,24+,26+,28+,32-,33+,35+,42+/m0/s1. The van der Waals surface area contributed by atoms with Gasteiger partial charge in [0.15, 0.2) is 0 Å². The molecule has 2 aromatic rings. The molecule has 7 rings (SSSR count). The molecule has 3 aliphatic carbocycles. The third-order valence-electron chi connectivity index (χ3n) is 13.3. The quantitative estimate of drug-likeness (QED) is 0.322. The zero-order valence-corrected chi connectivity index (χ0v) is 36.0. The van der Waals surface area contributed by atoms with E-state index < -0.39 is 87.0 Å². The number of aryl methyl sites for hydroxylation is 1. The van der Waals surface area contributed by atoms with Crippen LogP contribution in [0, 0.1) is 29.1 Å². The Hall–Kier alpha value is -4.35. The van der Waals surface area contributed by atoms with E-state index in [0.717, 1.165) is 25.7 Å². The summed E-state index contributed by atoms with van der Waals surface area (Å²) >= 11 is 0. The van der Waals surface area contributed by atoms with Gasteiger partial charge in [-0.1, -0.05) is 47.5 Å². The fraction of sp³-hybridized carbons (Fsp3) is 0.714. The fourth-order valence-corrected chi connectivity index (χ4v) is 10.7. The SMILES string of the molecule is COc1ccc2nc3c(nc2c1)O[C@@H]1C[C@@H](C(=O)N[C@]2(C(=O)NS(=O)(=O)C4CC4)C[C@H]2CC(F)F)N(C1)C(=O)[C@H](C(C)(C)C)NC(=O)O[C@@H]1C[C@H](C)[C@H](C)[C@H]1CCCCC3. The Labute approximate surface area is 349 Å². The molecule has 3 N–H and O–H groups in total. The second-order valence-corrected chi connectivity index (χ2v) is 20.7. The molecule has 4 amide bonds. The first kappa shape index (κ1) is 43.7. The molecule has 0 radical (unpaired) electrons. The Bertz CT molecular complexity index is 2100. The van der Waals surface area contributed by atoms with E-state index in [1.54, 1.807) is 40.0 Å². The van der Waals surface area contributed by atoms with Gasteiger partial charge in [0.05, 0.1) is 29.9 Å².